The number of anilines is 3. The van der Waals surface area contributed by atoms with Gasteiger partial charge in [-0.25, -0.2) is 18.7 Å². The number of carbonyl (C=O) groups is 2. The third-order valence-corrected chi connectivity index (χ3v) is 8.01. The zero-order valence-corrected chi connectivity index (χ0v) is 22.5. The van der Waals surface area contributed by atoms with E-state index in [-0.39, 0.29) is 29.5 Å². The summed E-state index contributed by atoms with van der Waals surface area (Å²) < 4.78 is 15.6. The molecule has 212 valence electrons. The number of hydrogen-bond donors (Lipinski definition) is 5. The van der Waals surface area contributed by atoms with E-state index >= 15 is 0 Å². The molecule has 0 aromatic carbocycles. The molecule has 5 N–H and O–H groups in total. The van der Waals surface area contributed by atoms with Crippen LogP contribution in [0.15, 0.2) is 30.7 Å². The van der Waals surface area contributed by atoms with Crippen LogP contribution in [-0.2, 0) is 0 Å². The molecule has 0 saturated heterocycles. The fourth-order valence-corrected chi connectivity index (χ4v) is 5.66. The maximum Gasteiger partial charge on any atom is 0.315 e. The molecule has 11 nitrogen and oxygen atoms in total. The van der Waals surface area contributed by atoms with E-state index in [9.17, 15) is 14.0 Å². The molecule has 3 aliphatic carbocycles. The lowest BCUT2D eigenvalue weighted by atomic mass is 9.91. The van der Waals surface area contributed by atoms with Crippen LogP contribution >= 0.6 is 0 Å². The van der Waals surface area contributed by atoms with Crippen molar-refractivity contribution in [1.29, 1.82) is 0 Å². The van der Waals surface area contributed by atoms with Crippen molar-refractivity contribution in [1.82, 2.24) is 30.2 Å². The summed E-state index contributed by atoms with van der Waals surface area (Å²) in [5.74, 6) is -0.505. The normalized spacial score (nSPS) is 21.5. The highest BCUT2D eigenvalue weighted by Crippen LogP contribution is 2.30. The van der Waals surface area contributed by atoms with Gasteiger partial charge < -0.3 is 26.6 Å². The molecule has 0 spiro atoms. The SMILES string of the molecule is O=C(NC1CCCCC1)NC1CCC(Nc2cc(NC3CC3)c3ncc(C(=O)Nc4ccncc4F)n3n2)CC1. The summed E-state index contributed by atoms with van der Waals surface area (Å²) in [5.41, 5.74) is 1.57. The van der Waals surface area contributed by atoms with Crippen LogP contribution in [0.3, 0.4) is 0 Å². The summed E-state index contributed by atoms with van der Waals surface area (Å²) in [7, 11) is 0. The van der Waals surface area contributed by atoms with Gasteiger partial charge in [0.25, 0.3) is 5.91 Å². The van der Waals surface area contributed by atoms with Crippen molar-refractivity contribution in [3.63, 3.8) is 0 Å². The Morgan fingerprint density at radius 2 is 1.50 bits per heavy atom. The van der Waals surface area contributed by atoms with Crippen LogP contribution in [0.2, 0.25) is 0 Å². The maximum absolute atomic E-state index is 14.1. The zero-order chi connectivity index (χ0) is 27.5. The highest BCUT2D eigenvalue weighted by Gasteiger charge is 2.27. The molecule has 3 amide bonds. The first-order chi connectivity index (χ1) is 19.5. The van der Waals surface area contributed by atoms with Crippen LogP contribution in [0.1, 0.15) is 81.1 Å². The zero-order valence-electron chi connectivity index (χ0n) is 22.5. The van der Waals surface area contributed by atoms with Gasteiger partial charge >= 0.3 is 6.03 Å². The van der Waals surface area contributed by atoms with E-state index in [1.807, 2.05) is 6.07 Å². The summed E-state index contributed by atoms with van der Waals surface area (Å²) in [6.07, 6.45) is 15.4. The van der Waals surface area contributed by atoms with Gasteiger partial charge in [-0.05, 0) is 57.4 Å². The van der Waals surface area contributed by atoms with E-state index in [1.54, 1.807) is 0 Å². The Kier molecular flexibility index (Phi) is 7.65. The topological polar surface area (TPSA) is 137 Å². The lowest BCUT2D eigenvalue weighted by Crippen LogP contribution is -2.48. The molecule has 0 radical (unpaired) electrons. The first-order valence-electron chi connectivity index (χ1n) is 14.4. The number of halogens is 1. The Bertz CT molecular complexity index is 1360. The Hall–Kier alpha value is -3.96. The van der Waals surface area contributed by atoms with E-state index in [0.29, 0.717) is 23.5 Å². The smallest absolute Gasteiger partial charge is 0.315 e. The fourth-order valence-electron chi connectivity index (χ4n) is 5.66. The summed E-state index contributed by atoms with van der Waals surface area (Å²) in [6, 6.07) is 4.30. The number of imidazole rings is 1. The monoisotopic (exact) mass is 549 g/mol. The Balaban J connectivity index is 1.11. The number of hydrogen-bond acceptors (Lipinski definition) is 7. The molecule has 3 fully saturated rings. The largest absolute Gasteiger partial charge is 0.379 e. The third-order valence-electron chi connectivity index (χ3n) is 8.01. The van der Waals surface area contributed by atoms with Crippen molar-refractivity contribution in [2.75, 3.05) is 16.0 Å². The number of pyridine rings is 1. The molecule has 3 saturated carbocycles. The van der Waals surface area contributed by atoms with Gasteiger partial charge in [0.15, 0.2) is 17.2 Å². The number of fused-ring (bicyclic) bond motifs is 1. The Morgan fingerprint density at radius 3 is 2.23 bits per heavy atom. The second-order valence-corrected chi connectivity index (χ2v) is 11.2. The average Bonchev–Trinajstić information content (AvgIpc) is 3.66. The van der Waals surface area contributed by atoms with Crippen molar-refractivity contribution in [2.45, 2.75) is 94.8 Å². The molecule has 3 heterocycles. The number of aromatic nitrogens is 4. The molecule has 3 aliphatic rings. The Morgan fingerprint density at radius 1 is 0.825 bits per heavy atom. The average molecular weight is 550 g/mol. The van der Waals surface area contributed by atoms with Gasteiger partial charge in [-0.2, -0.15) is 0 Å². The summed E-state index contributed by atoms with van der Waals surface area (Å²) in [5, 5.41) is 20.6. The van der Waals surface area contributed by atoms with Crippen LogP contribution in [0.5, 0.6) is 0 Å². The van der Waals surface area contributed by atoms with Crippen LogP contribution < -0.4 is 26.6 Å². The molecule has 40 heavy (non-hydrogen) atoms. The van der Waals surface area contributed by atoms with Crippen LogP contribution in [-0.4, -0.2) is 55.7 Å². The number of amides is 3. The molecule has 3 aromatic heterocycles. The van der Waals surface area contributed by atoms with E-state index in [4.69, 9.17) is 5.10 Å². The molecule has 0 bridgehead atoms. The minimum atomic E-state index is -0.618. The number of nitrogens with one attached hydrogen (secondary N) is 5. The van der Waals surface area contributed by atoms with E-state index in [1.165, 1.54) is 42.2 Å². The van der Waals surface area contributed by atoms with Crippen molar-refractivity contribution in [3.05, 3.63) is 42.2 Å². The molecular formula is C28H36FN9O2. The van der Waals surface area contributed by atoms with Crippen molar-refractivity contribution >= 4 is 34.8 Å². The lowest BCUT2D eigenvalue weighted by Gasteiger charge is -2.31. The van der Waals surface area contributed by atoms with E-state index in [0.717, 1.165) is 63.3 Å². The predicted octanol–water partition coefficient (Wildman–Crippen LogP) is 4.45. The van der Waals surface area contributed by atoms with Gasteiger partial charge in [-0.3, -0.25) is 9.78 Å². The van der Waals surface area contributed by atoms with Gasteiger partial charge in [0.1, 0.15) is 5.82 Å². The number of carbonyl (C=O) groups excluding carboxylic acids is 2. The predicted molar refractivity (Wildman–Crippen MR) is 150 cm³/mol. The first kappa shape index (κ1) is 26.3. The maximum atomic E-state index is 14.1. The molecular weight excluding hydrogens is 513 g/mol. The second-order valence-electron chi connectivity index (χ2n) is 11.2. The molecule has 6 rings (SSSR count). The highest BCUT2D eigenvalue weighted by molar-refractivity contribution is 6.03. The van der Waals surface area contributed by atoms with Crippen molar-refractivity contribution < 1.29 is 14.0 Å². The van der Waals surface area contributed by atoms with Crippen molar-refractivity contribution in [2.24, 2.45) is 0 Å². The standard InChI is InChI=1S/C28H36FN9O2/c29-21-15-30-13-12-22(21)36-27(39)24-16-31-26-23(32-18-6-7-18)14-25(37-38(24)26)33-19-8-10-20(11-9-19)35-28(40)34-17-4-2-1-3-5-17/h12-20,32H,1-11H2,(H,33,37)(H,30,36,39)(H2,34,35,40). The number of urea groups is 1. The lowest BCUT2D eigenvalue weighted by molar-refractivity contribution is 0.102. The van der Waals surface area contributed by atoms with Gasteiger partial charge in [-0.15, -0.1) is 5.10 Å². The summed E-state index contributed by atoms with van der Waals surface area (Å²) in [4.78, 5) is 33.7. The van der Waals surface area contributed by atoms with Gasteiger partial charge in [0.05, 0.1) is 23.8 Å². The molecule has 0 aliphatic heterocycles. The molecule has 0 unspecified atom stereocenters. The Labute approximate surface area is 232 Å². The van der Waals surface area contributed by atoms with E-state index in [2.05, 4.69) is 36.6 Å². The molecule has 12 heteroatoms. The number of rotatable bonds is 8. The van der Waals surface area contributed by atoms with Crippen molar-refractivity contribution in [3.8, 4) is 0 Å². The quantitative estimate of drug-likeness (QED) is 0.280. The number of nitrogens with zero attached hydrogens (tertiary/aromatic N) is 4. The second kappa shape index (κ2) is 11.6. The van der Waals surface area contributed by atoms with Gasteiger partial charge in [-0.1, -0.05) is 19.3 Å². The summed E-state index contributed by atoms with van der Waals surface area (Å²) >= 11 is 0. The molecule has 3 aromatic rings. The highest BCUT2D eigenvalue weighted by atomic mass is 19.1. The van der Waals surface area contributed by atoms with Crippen LogP contribution in [0, 0.1) is 5.82 Å². The first-order valence-corrected chi connectivity index (χ1v) is 14.4. The van der Waals surface area contributed by atoms with Gasteiger partial charge in [0.2, 0.25) is 0 Å². The summed E-state index contributed by atoms with van der Waals surface area (Å²) in [6.45, 7) is 0. The third kappa shape index (κ3) is 6.26. The molecule has 0 atom stereocenters. The van der Waals surface area contributed by atoms with Gasteiger partial charge in [0, 0.05) is 36.4 Å². The van der Waals surface area contributed by atoms with E-state index < -0.39 is 11.7 Å². The van der Waals surface area contributed by atoms with Crippen LogP contribution in [0.4, 0.5) is 26.4 Å². The minimum Gasteiger partial charge on any atom is -0.379 e. The van der Waals surface area contributed by atoms with Crippen LogP contribution in [0.25, 0.3) is 5.65 Å². The minimum absolute atomic E-state index is 0.0401. The fraction of sp³-hybridized carbons (Fsp3) is 0.536.